The number of aromatic nitrogens is 1. The lowest BCUT2D eigenvalue weighted by Gasteiger charge is -2.14. The van der Waals surface area contributed by atoms with E-state index in [0.717, 1.165) is 45.9 Å². The second-order valence-electron chi connectivity index (χ2n) is 6.97. The molecular formula is C22H20Cl2N2O2S. The molecule has 7 heteroatoms. The number of thiophene rings is 1. The van der Waals surface area contributed by atoms with E-state index in [2.05, 4.69) is 17.4 Å². The molecule has 4 aromatic rings. The molecule has 150 valence electrons. The average Bonchev–Trinajstić information content (AvgIpc) is 3.33. The first-order chi connectivity index (χ1) is 14.1. The Balaban J connectivity index is 1.29. The molecular weight excluding hydrogens is 427 g/mol. The van der Waals surface area contributed by atoms with E-state index < -0.39 is 0 Å². The zero-order valence-corrected chi connectivity index (χ0v) is 18.2. The monoisotopic (exact) mass is 446 g/mol. The highest BCUT2D eigenvalue weighted by Crippen LogP contribution is 2.33. The maximum atomic E-state index is 6.06. The van der Waals surface area contributed by atoms with Crippen LogP contribution in [0, 0.1) is 5.92 Å². The van der Waals surface area contributed by atoms with Gasteiger partial charge in [0, 0.05) is 24.6 Å². The lowest BCUT2D eigenvalue weighted by Crippen LogP contribution is -2.24. The molecule has 0 saturated heterocycles. The second-order valence-corrected chi connectivity index (χ2v) is 8.70. The fraction of sp³-hybridized carbons (Fsp3) is 0.227. The fourth-order valence-corrected chi connectivity index (χ4v) is 4.14. The van der Waals surface area contributed by atoms with E-state index in [-0.39, 0.29) is 0 Å². The standard InChI is InChI=1S/C22H20Cl2N2O2S/c1-14(11-25-12-15-5-6-18(23)19(24)9-15)13-27-17-4-2-3-16(10-17)21-22-20(28-26-21)7-8-29-22/h2-10,14,25H,11-13H2,1H3. The summed E-state index contributed by atoms with van der Waals surface area (Å²) in [6.45, 7) is 4.34. The molecule has 0 aliphatic heterocycles. The van der Waals surface area contributed by atoms with Crippen molar-refractivity contribution in [3.8, 4) is 17.0 Å². The van der Waals surface area contributed by atoms with Crippen molar-refractivity contribution in [1.82, 2.24) is 10.5 Å². The van der Waals surface area contributed by atoms with Crippen LogP contribution in [0.5, 0.6) is 5.75 Å². The molecule has 0 radical (unpaired) electrons. The van der Waals surface area contributed by atoms with Gasteiger partial charge in [0.05, 0.1) is 16.7 Å². The van der Waals surface area contributed by atoms with Gasteiger partial charge in [0.2, 0.25) is 0 Å². The Hall–Kier alpha value is -2.05. The molecule has 0 fully saturated rings. The summed E-state index contributed by atoms with van der Waals surface area (Å²) in [5.74, 6) is 1.17. The van der Waals surface area contributed by atoms with Crippen molar-refractivity contribution < 1.29 is 9.26 Å². The summed E-state index contributed by atoms with van der Waals surface area (Å²) >= 11 is 13.6. The molecule has 4 rings (SSSR count). The molecule has 0 bridgehead atoms. The lowest BCUT2D eigenvalue weighted by molar-refractivity contribution is 0.255. The summed E-state index contributed by atoms with van der Waals surface area (Å²) in [4.78, 5) is 0. The second kappa shape index (κ2) is 9.18. The summed E-state index contributed by atoms with van der Waals surface area (Å²) in [6.07, 6.45) is 0. The number of nitrogens with zero attached hydrogens (tertiary/aromatic N) is 1. The minimum absolute atomic E-state index is 0.345. The van der Waals surface area contributed by atoms with Gasteiger partial charge in [-0.05, 0) is 41.3 Å². The molecule has 0 saturated carbocycles. The molecule has 4 nitrogen and oxygen atoms in total. The van der Waals surface area contributed by atoms with Crippen molar-refractivity contribution in [3.05, 3.63) is 69.5 Å². The third-order valence-corrected chi connectivity index (χ3v) is 6.17. The van der Waals surface area contributed by atoms with Crippen LogP contribution in [0.15, 0.2) is 58.4 Å². The van der Waals surface area contributed by atoms with Gasteiger partial charge >= 0.3 is 0 Å². The first kappa shape index (κ1) is 20.2. The average molecular weight is 447 g/mol. The van der Waals surface area contributed by atoms with Crippen LogP contribution >= 0.6 is 34.5 Å². The molecule has 29 heavy (non-hydrogen) atoms. The Bertz CT molecular complexity index is 1110. The Morgan fingerprint density at radius 1 is 1.14 bits per heavy atom. The van der Waals surface area contributed by atoms with Gasteiger partial charge in [-0.1, -0.05) is 53.5 Å². The molecule has 2 aromatic heterocycles. The number of rotatable bonds is 8. The van der Waals surface area contributed by atoms with E-state index in [1.54, 1.807) is 11.3 Å². The number of hydrogen-bond acceptors (Lipinski definition) is 5. The summed E-state index contributed by atoms with van der Waals surface area (Å²) in [5, 5.41) is 10.8. The van der Waals surface area contributed by atoms with Gasteiger partial charge in [0.25, 0.3) is 0 Å². The van der Waals surface area contributed by atoms with Crippen LogP contribution in [-0.4, -0.2) is 18.3 Å². The molecule has 0 aliphatic rings. The van der Waals surface area contributed by atoms with E-state index in [1.807, 2.05) is 53.9 Å². The Labute approximate surface area is 183 Å². The molecule has 0 amide bonds. The third-order valence-electron chi connectivity index (χ3n) is 4.53. The number of halogens is 2. The lowest BCUT2D eigenvalue weighted by atomic mass is 10.1. The minimum atomic E-state index is 0.345. The highest BCUT2D eigenvalue weighted by Gasteiger charge is 2.12. The predicted octanol–water partition coefficient (Wildman–Crippen LogP) is 6.67. The normalized spacial score (nSPS) is 12.4. The van der Waals surface area contributed by atoms with Gasteiger partial charge in [-0.25, -0.2) is 0 Å². The van der Waals surface area contributed by atoms with E-state index in [0.29, 0.717) is 22.6 Å². The molecule has 2 aromatic carbocycles. The van der Waals surface area contributed by atoms with Gasteiger partial charge in [-0.15, -0.1) is 11.3 Å². The largest absolute Gasteiger partial charge is 0.493 e. The van der Waals surface area contributed by atoms with Gasteiger partial charge in [-0.3, -0.25) is 0 Å². The highest BCUT2D eigenvalue weighted by molar-refractivity contribution is 7.17. The van der Waals surface area contributed by atoms with E-state index >= 15 is 0 Å². The summed E-state index contributed by atoms with van der Waals surface area (Å²) in [7, 11) is 0. The van der Waals surface area contributed by atoms with Crippen LogP contribution in [0.25, 0.3) is 21.5 Å². The van der Waals surface area contributed by atoms with Crippen molar-refractivity contribution in [1.29, 1.82) is 0 Å². The number of benzene rings is 2. The molecule has 0 spiro atoms. The molecule has 2 heterocycles. The zero-order valence-electron chi connectivity index (χ0n) is 15.8. The fourth-order valence-electron chi connectivity index (χ4n) is 3.01. The van der Waals surface area contributed by atoms with Gasteiger partial charge in [0.15, 0.2) is 5.58 Å². The summed E-state index contributed by atoms with van der Waals surface area (Å²) < 4.78 is 12.4. The Morgan fingerprint density at radius 2 is 2.03 bits per heavy atom. The SMILES string of the molecule is CC(CNCc1ccc(Cl)c(Cl)c1)COc1cccc(-c2noc3ccsc23)c1. The molecule has 1 N–H and O–H groups in total. The Morgan fingerprint density at radius 3 is 2.90 bits per heavy atom. The van der Waals surface area contributed by atoms with Crippen molar-refractivity contribution >= 4 is 44.8 Å². The van der Waals surface area contributed by atoms with Gasteiger partial charge in [0.1, 0.15) is 16.1 Å². The maximum absolute atomic E-state index is 6.06. The van der Waals surface area contributed by atoms with Crippen molar-refractivity contribution in [2.24, 2.45) is 5.92 Å². The van der Waals surface area contributed by atoms with Gasteiger partial charge < -0.3 is 14.6 Å². The quantitative estimate of drug-likeness (QED) is 0.328. The summed E-state index contributed by atoms with van der Waals surface area (Å²) in [6, 6.07) is 15.6. The third kappa shape index (κ3) is 4.93. The molecule has 1 atom stereocenters. The van der Waals surface area contributed by atoms with Crippen molar-refractivity contribution in [3.63, 3.8) is 0 Å². The topological polar surface area (TPSA) is 47.3 Å². The van der Waals surface area contributed by atoms with Crippen molar-refractivity contribution in [2.45, 2.75) is 13.5 Å². The predicted molar refractivity (Wildman–Crippen MR) is 120 cm³/mol. The first-order valence-electron chi connectivity index (χ1n) is 9.31. The smallest absolute Gasteiger partial charge is 0.178 e. The van der Waals surface area contributed by atoms with Crippen LogP contribution in [0.3, 0.4) is 0 Å². The van der Waals surface area contributed by atoms with Crippen LogP contribution in [0.1, 0.15) is 12.5 Å². The number of fused-ring (bicyclic) bond motifs is 1. The highest BCUT2D eigenvalue weighted by atomic mass is 35.5. The van der Waals surface area contributed by atoms with Crippen LogP contribution in [0.2, 0.25) is 10.0 Å². The van der Waals surface area contributed by atoms with E-state index in [9.17, 15) is 0 Å². The van der Waals surface area contributed by atoms with Crippen LogP contribution in [-0.2, 0) is 6.54 Å². The van der Waals surface area contributed by atoms with Gasteiger partial charge in [-0.2, -0.15) is 0 Å². The van der Waals surface area contributed by atoms with E-state index in [1.165, 1.54) is 0 Å². The van der Waals surface area contributed by atoms with Crippen LogP contribution < -0.4 is 10.1 Å². The first-order valence-corrected chi connectivity index (χ1v) is 10.9. The maximum Gasteiger partial charge on any atom is 0.178 e. The Kier molecular flexibility index (Phi) is 6.40. The number of nitrogens with one attached hydrogen (secondary N) is 1. The van der Waals surface area contributed by atoms with E-state index in [4.69, 9.17) is 32.5 Å². The minimum Gasteiger partial charge on any atom is -0.493 e. The zero-order chi connectivity index (χ0) is 20.2. The van der Waals surface area contributed by atoms with Crippen LogP contribution in [0.4, 0.5) is 0 Å². The summed E-state index contributed by atoms with van der Waals surface area (Å²) in [5.41, 5.74) is 3.77. The van der Waals surface area contributed by atoms with Crippen molar-refractivity contribution in [2.75, 3.05) is 13.2 Å². The molecule has 0 aliphatic carbocycles. The molecule has 1 unspecified atom stereocenters. The number of ether oxygens (including phenoxy) is 1. The number of hydrogen-bond donors (Lipinski definition) is 1.